The summed E-state index contributed by atoms with van der Waals surface area (Å²) >= 11 is 3.07. The third-order valence-electron chi connectivity index (χ3n) is 1.77. The van der Waals surface area contributed by atoms with Crippen molar-refractivity contribution in [1.29, 1.82) is 0 Å². The molecule has 0 N–H and O–H groups in total. The normalized spacial score (nSPS) is 10.8. The first-order valence-electron chi connectivity index (χ1n) is 4.66. The summed E-state index contributed by atoms with van der Waals surface area (Å²) in [6, 6.07) is 4.48. The lowest BCUT2D eigenvalue weighted by molar-refractivity contribution is -0.117. The summed E-state index contributed by atoms with van der Waals surface area (Å²) < 4.78 is 13.3. The second-order valence-corrected chi connectivity index (χ2v) is 4.38. The lowest BCUT2D eigenvalue weighted by Crippen LogP contribution is -2.10. The maximum atomic E-state index is 12.9. The molecular formula is C11H12BrFN2O. The molecule has 0 unspecified atom stereocenters. The van der Waals surface area contributed by atoms with Crippen molar-refractivity contribution in [3.05, 3.63) is 34.1 Å². The average Bonchev–Trinajstić information content (AvgIpc) is 2.21. The highest BCUT2D eigenvalue weighted by atomic mass is 79.9. The van der Waals surface area contributed by atoms with Gasteiger partial charge in [0.25, 0.3) is 5.91 Å². The van der Waals surface area contributed by atoms with E-state index < -0.39 is 0 Å². The van der Waals surface area contributed by atoms with E-state index in [0.29, 0.717) is 4.47 Å². The van der Waals surface area contributed by atoms with Crippen molar-refractivity contribution in [3.8, 4) is 0 Å². The van der Waals surface area contributed by atoms with Gasteiger partial charge in [-0.05, 0) is 33.6 Å². The Morgan fingerprint density at radius 3 is 2.81 bits per heavy atom. The molecule has 3 nitrogen and oxygen atoms in total. The molecule has 1 aromatic carbocycles. The zero-order valence-electron chi connectivity index (χ0n) is 9.08. The number of nitrogens with zero attached hydrogens (tertiary/aromatic N) is 2. The number of hydrogen-bond donors (Lipinski definition) is 0. The first kappa shape index (κ1) is 12.8. The molecular weight excluding hydrogens is 275 g/mol. The first-order valence-corrected chi connectivity index (χ1v) is 5.45. The van der Waals surface area contributed by atoms with E-state index in [9.17, 15) is 9.18 Å². The highest BCUT2D eigenvalue weighted by Crippen LogP contribution is 2.17. The van der Waals surface area contributed by atoms with Crippen LogP contribution in [0, 0.1) is 5.82 Å². The minimum Gasteiger partial charge on any atom is -0.369 e. The molecule has 0 saturated carbocycles. The van der Waals surface area contributed by atoms with Crippen LogP contribution in [0.15, 0.2) is 27.7 Å². The summed E-state index contributed by atoms with van der Waals surface area (Å²) in [4.78, 5) is 16.8. The Morgan fingerprint density at radius 2 is 2.25 bits per heavy atom. The number of amides is 1. The highest BCUT2D eigenvalue weighted by Gasteiger charge is 2.04. The standard InChI is InChI=1S/C11H12BrFN2O/c1-15(2)7-14-11(16)6-8-3-4-10(13)9(12)5-8/h3-5,7H,6H2,1-2H3. The van der Waals surface area contributed by atoms with E-state index in [1.807, 2.05) is 0 Å². The van der Waals surface area contributed by atoms with Crippen LogP contribution in [0.3, 0.4) is 0 Å². The molecule has 5 heteroatoms. The van der Waals surface area contributed by atoms with Gasteiger partial charge in [0.15, 0.2) is 0 Å². The number of hydrogen-bond acceptors (Lipinski definition) is 1. The van der Waals surface area contributed by atoms with E-state index in [0.717, 1.165) is 5.56 Å². The van der Waals surface area contributed by atoms with E-state index >= 15 is 0 Å². The van der Waals surface area contributed by atoms with Gasteiger partial charge in [-0.2, -0.15) is 0 Å². The minimum atomic E-state index is -0.340. The molecule has 0 radical (unpaired) electrons. The van der Waals surface area contributed by atoms with Gasteiger partial charge >= 0.3 is 0 Å². The molecule has 0 bridgehead atoms. The van der Waals surface area contributed by atoms with Gasteiger partial charge in [-0.15, -0.1) is 0 Å². The largest absolute Gasteiger partial charge is 0.369 e. The third-order valence-corrected chi connectivity index (χ3v) is 2.38. The molecule has 86 valence electrons. The SMILES string of the molecule is CN(C)C=NC(=O)Cc1ccc(F)c(Br)c1. The topological polar surface area (TPSA) is 32.7 Å². The Morgan fingerprint density at radius 1 is 1.56 bits per heavy atom. The van der Waals surface area contributed by atoms with E-state index in [1.165, 1.54) is 12.4 Å². The van der Waals surface area contributed by atoms with Gasteiger partial charge in [0.2, 0.25) is 0 Å². The Labute approximate surface area is 102 Å². The molecule has 16 heavy (non-hydrogen) atoms. The molecule has 0 saturated heterocycles. The Bertz CT molecular complexity index is 418. The molecule has 0 aromatic heterocycles. The smallest absolute Gasteiger partial charge is 0.251 e. The minimum absolute atomic E-state index is 0.170. The number of rotatable bonds is 3. The van der Waals surface area contributed by atoms with Gasteiger partial charge in [0.05, 0.1) is 17.2 Å². The van der Waals surface area contributed by atoms with Crippen LogP contribution in [0.25, 0.3) is 0 Å². The Balaban J connectivity index is 2.66. The fourth-order valence-electron chi connectivity index (χ4n) is 1.05. The van der Waals surface area contributed by atoms with Crippen LogP contribution < -0.4 is 0 Å². The maximum absolute atomic E-state index is 12.9. The first-order chi connectivity index (χ1) is 7.49. The van der Waals surface area contributed by atoms with Crippen LogP contribution in [0.5, 0.6) is 0 Å². The van der Waals surface area contributed by atoms with Gasteiger partial charge < -0.3 is 4.90 Å². The predicted molar refractivity (Wildman–Crippen MR) is 65.0 cm³/mol. The van der Waals surface area contributed by atoms with Crippen LogP contribution in [-0.2, 0) is 11.2 Å². The van der Waals surface area contributed by atoms with E-state index in [2.05, 4.69) is 20.9 Å². The molecule has 1 rings (SSSR count). The van der Waals surface area contributed by atoms with Crippen molar-refractivity contribution in [3.63, 3.8) is 0 Å². The van der Waals surface area contributed by atoms with Crippen molar-refractivity contribution in [2.24, 2.45) is 4.99 Å². The molecule has 0 aliphatic rings. The summed E-state index contributed by atoms with van der Waals surface area (Å²) in [5.41, 5.74) is 0.731. The van der Waals surface area contributed by atoms with Gasteiger partial charge in [0, 0.05) is 14.1 Å². The summed E-state index contributed by atoms with van der Waals surface area (Å²) in [6.07, 6.45) is 1.62. The summed E-state index contributed by atoms with van der Waals surface area (Å²) in [5.74, 6) is -0.597. The van der Waals surface area contributed by atoms with E-state index in [-0.39, 0.29) is 18.1 Å². The zero-order chi connectivity index (χ0) is 12.1. The maximum Gasteiger partial charge on any atom is 0.251 e. The molecule has 0 fully saturated rings. The predicted octanol–water partition coefficient (Wildman–Crippen LogP) is 2.25. The van der Waals surface area contributed by atoms with Crippen molar-refractivity contribution >= 4 is 28.2 Å². The number of aliphatic imine (C=N–C) groups is 1. The van der Waals surface area contributed by atoms with E-state index in [1.54, 1.807) is 31.1 Å². The van der Waals surface area contributed by atoms with Crippen LogP contribution in [0.2, 0.25) is 0 Å². The molecule has 0 atom stereocenters. The average molecular weight is 287 g/mol. The Kier molecular flexibility index (Phi) is 4.61. The van der Waals surface area contributed by atoms with Gasteiger partial charge in [-0.3, -0.25) is 4.79 Å². The number of carbonyl (C=O) groups is 1. The summed E-state index contributed by atoms with van der Waals surface area (Å²) in [5, 5.41) is 0. The van der Waals surface area contributed by atoms with Gasteiger partial charge in [-0.25, -0.2) is 9.38 Å². The van der Waals surface area contributed by atoms with Crippen LogP contribution in [-0.4, -0.2) is 31.2 Å². The second-order valence-electron chi connectivity index (χ2n) is 3.53. The zero-order valence-corrected chi connectivity index (χ0v) is 10.7. The summed E-state index contributed by atoms with van der Waals surface area (Å²) in [6.45, 7) is 0. The monoisotopic (exact) mass is 286 g/mol. The van der Waals surface area contributed by atoms with Gasteiger partial charge in [0.1, 0.15) is 5.82 Å². The van der Waals surface area contributed by atoms with Crippen molar-refractivity contribution in [2.45, 2.75) is 6.42 Å². The highest BCUT2D eigenvalue weighted by molar-refractivity contribution is 9.10. The fourth-order valence-corrected chi connectivity index (χ4v) is 1.48. The van der Waals surface area contributed by atoms with E-state index in [4.69, 9.17) is 0 Å². The van der Waals surface area contributed by atoms with Crippen molar-refractivity contribution < 1.29 is 9.18 Å². The molecule has 1 aromatic rings. The summed E-state index contributed by atoms with van der Waals surface area (Å²) in [7, 11) is 3.57. The lowest BCUT2D eigenvalue weighted by atomic mass is 10.1. The molecule has 1 amide bonds. The molecule has 0 aliphatic heterocycles. The molecule has 0 aliphatic carbocycles. The lowest BCUT2D eigenvalue weighted by Gasteiger charge is -2.02. The number of carbonyl (C=O) groups excluding carboxylic acids is 1. The van der Waals surface area contributed by atoms with Crippen LogP contribution in [0.4, 0.5) is 4.39 Å². The van der Waals surface area contributed by atoms with Crippen molar-refractivity contribution in [1.82, 2.24) is 4.90 Å². The fraction of sp³-hybridized carbons (Fsp3) is 0.273. The quantitative estimate of drug-likeness (QED) is 0.631. The number of halogens is 2. The van der Waals surface area contributed by atoms with Crippen LogP contribution >= 0.6 is 15.9 Å². The molecule has 0 spiro atoms. The van der Waals surface area contributed by atoms with Crippen LogP contribution in [0.1, 0.15) is 5.56 Å². The Hall–Kier alpha value is -1.23. The van der Waals surface area contributed by atoms with Gasteiger partial charge in [-0.1, -0.05) is 6.07 Å². The second kappa shape index (κ2) is 5.75. The van der Waals surface area contributed by atoms with Crippen molar-refractivity contribution in [2.75, 3.05) is 14.1 Å². The number of benzene rings is 1. The third kappa shape index (κ3) is 4.10. The molecule has 0 heterocycles.